The van der Waals surface area contributed by atoms with E-state index in [0.717, 1.165) is 5.56 Å². The number of halogens is 3. The first-order valence-electron chi connectivity index (χ1n) is 6.02. The van der Waals surface area contributed by atoms with Crippen LogP contribution in [0.5, 0.6) is 0 Å². The summed E-state index contributed by atoms with van der Waals surface area (Å²) in [6.07, 6.45) is -5.88. The summed E-state index contributed by atoms with van der Waals surface area (Å²) in [5.74, 6) is -1.00. The quantitative estimate of drug-likeness (QED) is 0.893. The van der Waals surface area contributed by atoms with Gasteiger partial charge in [0.25, 0.3) is 0 Å². The summed E-state index contributed by atoms with van der Waals surface area (Å²) in [5, 5.41) is 0. The molecule has 0 bridgehead atoms. The molecular weight excluding hydrogens is 257 g/mol. The molecule has 0 spiro atoms. The minimum absolute atomic E-state index is 0.0987. The lowest BCUT2D eigenvalue weighted by Gasteiger charge is -2.17. The monoisotopic (exact) mass is 272 g/mol. The molecule has 6 heteroatoms. The number of carbonyl (C=O) groups excluding carboxylic acids is 1. The van der Waals surface area contributed by atoms with Gasteiger partial charge in [-0.05, 0) is 5.56 Å². The van der Waals surface area contributed by atoms with Gasteiger partial charge in [-0.3, -0.25) is 4.79 Å². The third kappa shape index (κ3) is 3.47. The van der Waals surface area contributed by atoms with Gasteiger partial charge in [-0.15, -0.1) is 0 Å². The average Bonchev–Trinajstić information content (AvgIpc) is 2.70. The third-order valence-electron chi connectivity index (χ3n) is 3.30. The van der Waals surface area contributed by atoms with Crippen LogP contribution in [0, 0.1) is 0 Å². The van der Waals surface area contributed by atoms with Crippen LogP contribution in [0.3, 0.4) is 0 Å². The first-order valence-corrected chi connectivity index (χ1v) is 6.02. The van der Waals surface area contributed by atoms with Gasteiger partial charge in [0.1, 0.15) is 6.42 Å². The van der Waals surface area contributed by atoms with Crippen molar-refractivity contribution in [3.8, 4) is 0 Å². The molecule has 3 nitrogen and oxygen atoms in total. The van der Waals surface area contributed by atoms with E-state index in [2.05, 4.69) is 0 Å². The number of amides is 1. The maximum absolute atomic E-state index is 12.2. The Morgan fingerprint density at radius 1 is 1.26 bits per heavy atom. The molecule has 1 fully saturated rings. The van der Waals surface area contributed by atoms with E-state index in [9.17, 15) is 18.0 Å². The van der Waals surface area contributed by atoms with Gasteiger partial charge in [0.2, 0.25) is 5.91 Å². The van der Waals surface area contributed by atoms with E-state index in [1.807, 2.05) is 30.3 Å². The number of likely N-dealkylation sites (tertiary alicyclic amines) is 1. The molecule has 1 aliphatic heterocycles. The Hall–Kier alpha value is -1.56. The first-order chi connectivity index (χ1) is 8.87. The number of nitrogens with two attached hydrogens (primary N) is 1. The van der Waals surface area contributed by atoms with Crippen molar-refractivity contribution in [1.29, 1.82) is 0 Å². The molecule has 1 aliphatic rings. The van der Waals surface area contributed by atoms with Crippen molar-refractivity contribution in [2.75, 3.05) is 13.1 Å². The SMILES string of the molecule is N[C@@H]1CN(C(=O)CC(F)(F)F)C[C@H]1c1ccccc1. The number of nitrogens with zero attached hydrogens (tertiary/aromatic N) is 1. The van der Waals surface area contributed by atoms with Crippen LogP contribution in [-0.2, 0) is 4.79 Å². The van der Waals surface area contributed by atoms with Crippen LogP contribution in [0.25, 0.3) is 0 Å². The van der Waals surface area contributed by atoms with E-state index in [4.69, 9.17) is 5.73 Å². The van der Waals surface area contributed by atoms with Gasteiger partial charge < -0.3 is 10.6 Å². The van der Waals surface area contributed by atoms with E-state index in [1.54, 1.807) is 0 Å². The smallest absolute Gasteiger partial charge is 0.340 e. The normalized spacial score (nSPS) is 23.7. The highest BCUT2D eigenvalue weighted by Gasteiger charge is 2.38. The Morgan fingerprint density at radius 2 is 1.89 bits per heavy atom. The lowest BCUT2D eigenvalue weighted by atomic mass is 9.95. The zero-order valence-corrected chi connectivity index (χ0v) is 10.2. The number of carbonyl (C=O) groups is 1. The molecule has 0 aliphatic carbocycles. The highest BCUT2D eigenvalue weighted by molar-refractivity contribution is 5.77. The summed E-state index contributed by atoms with van der Waals surface area (Å²) in [7, 11) is 0. The molecule has 2 N–H and O–H groups in total. The minimum Gasteiger partial charge on any atom is -0.340 e. The third-order valence-corrected chi connectivity index (χ3v) is 3.30. The number of benzene rings is 1. The fourth-order valence-electron chi connectivity index (χ4n) is 2.37. The van der Waals surface area contributed by atoms with Crippen LogP contribution >= 0.6 is 0 Å². The fraction of sp³-hybridized carbons (Fsp3) is 0.462. The lowest BCUT2D eigenvalue weighted by Crippen LogP contribution is -2.34. The molecule has 2 atom stereocenters. The molecule has 0 aromatic heterocycles. The topological polar surface area (TPSA) is 46.3 Å². The van der Waals surface area contributed by atoms with Gasteiger partial charge in [-0.1, -0.05) is 30.3 Å². The molecule has 0 radical (unpaired) electrons. The number of hydrogen-bond acceptors (Lipinski definition) is 2. The second-order valence-corrected chi connectivity index (χ2v) is 4.77. The van der Waals surface area contributed by atoms with Crippen molar-refractivity contribution < 1.29 is 18.0 Å². The van der Waals surface area contributed by atoms with Crippen molar-refractivity contribution >= 4 is 5.91 Å². The van der Waals surface area contributed by atoms with Crippen LogP contribution in [-0.4, -0.2) is 36.1 Å². The molecule has 1 saturated heterocycles. The lowest BCUT2D eigenvalue weighted by molar-refractivity contribution is -0.160. The molecular formula is C13H15F3N2O. The van der Waals surface area contributed by atoms with E-state index >= 15 is 0 Å². The highest BCUT2D eigenvalue weighted by atomic mass is 19.4. The molecule has 1 heterocycles. The van der Waals surface area contributed by atoms with Crippen molar-refractivity contribution in [2.45, 2.75) is 24.6 Å². The van der Waals surface area contributed by atoms with Gasteiger partial charge in [0.15, 0.2) is 0 Å². The van der Waals surface area contributed by atoms with Crippen LogP contribution in [0.15, 0.2) is 30.3 Å². The number of alkyl halides is 3. The second-order valence-electron chi connectivity index (χ2n) is 4.77. The van der Waals surface area contributed by atoms with Gasteiger partial charge in [0, 0.05) is 25.0 Å². The van der Waals surface area contributed by atoms with Gasteiger partial charge in [-0.25, -0.2) is 0 Å². The Kier molecular flexibility index (Phi) is 3.80. The van der Waals surface area contributed by atoms with Crippen LogP contribution in [0.4, 0.5) is 13.2 Å². The predicted molar refractivity (Wildman–Crippen MR) is 64.4 cm³/mol. The van der Waals surface area contributed by atoms with Crippen molar-refractivity contribution in [3.63, 3.8) is 0 Å². The molecule has 1 aromatic rings. The van der Waals surface area contributed by atoms with Crippen LogP contribution < -0.4 is 5.73 Å². The maximum Gasteiger partial charge on any atom is 0.397 e. The Bertz CT molecular complexity index is 447. The van der Waals surface area contributed by atoms with Crippen LogP contribution in [0.1, 0.15) is 17.9 Å². The van der Waals surface area contributed by atoms with Gasteiger partial charge >= 0.3 is 6.18 Å². The van der Waals surface area contributed by atoms with Crippen molar-refractivity contribution in [3.05, 3.63) is 35.9 Å². The number of hydrogen-bond donors (Lipinski definition) is 1. The average molecular weight is 272 g/mol. The van der Waals surface area contributed by atoms with Gasteiger partial charge in [-0.2, -0.15) is 13.2 Å². The zero-order valence-electron chi connectivity index (χ0n) is 10.2. The molecule has 2 rings (SSSR count). The molecule has 0 unspecified atom stereocenters. The Balaban J connectivity index is 2.04. The summed E-state index contributed by atoms with van der Waals surface area (Å²) in [5.41, 5.74) is 6.88. The molecule has 1 aromatic carbocycles. The number of rotatable bonds is 2. The summed E-state index contributed by atoms with van der Waals surface area (Å²) in [6.45, 7) is 0.425. The van der Waals surface area contributed by atoms with Crippen LogP contribution in [0.2, 0.25) is 0 Å². The zero-order chi connectivity index (χ0) is 14.0. The van der Waals surface area contributed by atoms with Crippen molar-refractivity contribution in [1.82, 2.24) is 4.90 Å². The molecule has 19 heavy (non-hydrogen) atoms. The summed E-state index contributed by atoms with van der Waals surface area (Å²) >= 11 is 0. The maximum atomic E-state index is 12.2. The Labute approximate surface area is 109 Å². The van der Waals surface area contributed by atoms with E-state index < -0.39 is 18.5 Å². The van der Waals surface area contributed by atoms with E-state index in [0.29, 0.717) is 0 Å². The fourth-order valence-corrected chi connectivity index (χ4v) is 2.37. The Morgan fingerprint density at radius 3 is 2.47 bits per heavy atom. The van der Waals surface area contributed by atoms with E-state index in [-0.39, 0.29) is 25.0 Å². The molecule has 0 saturated carbocycles. The van der Waals surface area contributed by atoms with Gasteiger partial charge in [0.05, 0.1) is 0 Å². The minimum atomic E-state index is -4.47. The highest BCUT2D eigenvalue weighted by Crippen LogP contribution is 2.28. The van der Waals surface area contributed by atoms with Crippen molar-refractivity contribution in [2.24, 2.45) is 5.73 Å². The first kappa shape index (κ1) is 13.9. The second kappa shape index (κ2) is 5.21. The summed E-state index contributed by atoms with van der Waals surface area (Å²) in [6, 6.07) is 8.99. The summed E-state index contributed by atoms with van der Waals surface area (Å²) < 4.78 is 36.6. The predicted octanol–water partition coefficient (Wildman–Crippen LogP) is 1.89. The largest absolute Gasteiger partial charge is 0.397 e. The molecule has 104 valence electrons. The summed E-state index contributed by atoms with van der Waals surface area (Å²) in [4.78, 5) is 12.7. The van der Waals surface area contributed by atoms with E-state index in [1.165, 1.54) is 4.90 Å². The standard InChI is InChI=1S/C13H15F3N2O/c14-13(15,16)6-12(19)18-7-10(11(17)8-18)9-4-2-1-3-5-9/h1-5,10-11H,6-8,17H2/t10-,11+/m0/s1. The molecule has 1 amide bonds.